The van der Waals surface area contributed by atoms with Crippen molar-refractivity contribution in [2.24, 2.45) is 11.7 Å². The molecule has 2 aromatic carbocycles. The van der Waals surface area contributed by atoms with Gasteiger partial charge in [0.1, 0.15) is 12.4 Å². The average Bonchev–Trinajstić information content (AvgIpc) is 2.99. The van der Waals surface area contributed by atoms with Crippen LogP contribution in [0.3, 0.4) is 0 Å². The van der Waals surface area contributed by atoms with Gasteiger partial charge >= 0.3 is 5.97 Å². The van der Waals surface area contributed by atoms with Crippen LogP contribution in [0.5, 0.6) is 5.75 Å². The van der Waals surface area contributed by atoms with Crippen molar-refractivity contribution in [3.8, 4) is 16.9 Å². The number of anilines is 1. The van der Waals surface area contributed by atoms with Gasteiger partial charge in [-0.25, -0.2) is 0 Å². The largest absolute Gasteiger partial charge is 0.491 e. The highest BCUT2D eigenvalue weighted by Crippen LogP contribution is 2.25. The van der Waals surface area contributed by atoms with Crippen molar-refractivity contribution in [2.75, 3.05) is 11.9 Å². The van der Waals surface area contributed by atoms with Gasteiger partial charge in [-0.3, -0.25) is 15.0 Å². The third-order valence-corrected chi connectivity index (χ3v) is 4.51. The van der Waals surface area contributed by atoms with Crippen molar-refractivity contribution in [1.29, 1.82) is 5.41 Å². The predicted molar refractivity (Wildman–Crippen MR) is 105 cm³/mol. The van der Waals surface area contributed by atoms with Gasteiger partial charge in [0, 0.05) is 5.69 Å². The van der Waals surface area contributed by atoms with Crippen LogP contribution in [0.15, 0.2) is 48.5 Å². The Hall–Kier alpha value is -3.55. The van der Waals surface area contributed by atoms with Crippen molar-refractivity contribution >= 4 is 23.5 Å². The molecule has 1 heterocycles. The van der Waals surface area contributed by atoms with E-state index in [1.54, 1.807) is 0 Å². The number of benzene rings is 2. The maximum absolute atomic E-state index is 11.8. The molecule has 0 radical (unpaired) electrons. The lowest BCUT2D eigenvalue weighted by Crippen LogP contribution is -2.31. The van der Waals surface area contributed by atoms with Gasteiger partial charge in [0.25, 0.3) is 0 Å². The van der Waals surface area contributed by atoms with E-state index in [0.29, 0.717) is 18.8 Å². The number of ether oxygens (including phenoxy) is 1. The number of nitrogens with two attached hydrogens (primary N) is 1. The zero-order chi connectivity index (χ0) is 20.1. The summed E-state index contributed by atoms with van der Waals surface area (Å²) < 4.78 is 5.74. The second kappa shape index (κ2) is 8.43. The highest BCUT2D eigenvalue weighted by atomic mass is 16.5. The fourth-order valence-corrected chi connectivity index (χ4v) is 3.17. The summed E-state index contributed by atoms with van der Waals surface area (Å²) in [5.41, 5.74) is 8.08. The zero-order valence-electron chi connectivity index (χ0n) is 15.1. The van der Waals surface area contributed by atoms with Gasteiger partial charge in [-0.2, -0.15) is 0 Å². The van der Waals surface area contributed by atoms with Crippen LogP contribution in [0.1, 0.15) is 12.8 Å². The first-order valence-electron chi connectivity index (χ1n) is 8.87. The third-order valence-electron chi connectivity index (χ3n) is 4.51. The van der Waals surface area contributed by atoms with E-state index >= 15 is 0 Å². The summed E-state index contributed by atoms with van der Waals surface area (Å²) in [5, 5.41) is 21.6. The van der Waals surface area contributed by atoms with E-state index in [1.165, 1.54) is 0 Å². The first-order valence-corrected chi connectivity index (χ1v) is 8.87. The summed E-state index contributed by atoms with van der Waals surface area (Å²) in [6, 6.07) is 14.9. The molecule has 1 amide bonds. The van der Waals surface area contributed by atoms with E-state index in [1.807, 2.05) is 48.5 Å². The molecule has 1 aliphatic heterocycles. The number of amides is 1. The van der Waals surface area contributed by atoms with Crippen LogP contribution < -0.4 is 21.1 Å². The number of carbonyl (C=O) groups excluding carboxylic acids is 1. The number of nitrogens with one attached hydrogen (secondary N) is 3. The Kier molecular flexibility index (Phi) is 5.78. The van der Waals surface area contributed by atoms with Crippen molar-refractivity contribution in [3.63, 3.8) is 0 Å². The van der Waals surface area contributed by atoms with Crippen LogP contribution in [-0.4, -0.2) is 35.6 Å². The van der Waals surface area contributed by atoms with Crippen molar-refractivity contribution < 1.29 is 19.4 Å². The van der Waals surface area contributed by atoms with Gasteiger partial charge in [0.2, 0.25) is 5.91 Å². The second-order valence-corrected chi connectivity index (χ2v) is 6.69. The van der Waals surface area contributed by atoms with Gasteiger partial charge in [-0.05, 0) is 41.8 Å². The molecule has 1 saturated heterocycles. The molecule has 6 N–H and O–H groups in total. The summed E-state index contributed by atoms with van der Waals surface area (Å²) in [4.78, 5) is 22.5. The number of carbonyl (C=O) groups is 2. The summed E-state index contributed by atoms with van der Waals surface area (Å²) in [6.45, 7) is 0.298. The van der Waals surface area contributed by atoms with E-state index in [9.17, 15) is 9.59 Å². The lowest BCUT2D eigenvalue weighted by Gasteiger charge is -2.12. The summed E-state index contributed by atoms with van der Waals surface area (Å²) in [7, 11) is 0. The third kappa shape index (κ3) is 5.00. The molecule has 8 heteroatoms. The van der Waals surface area contributed by atoms with Crippen LogP contribution in [0, 0.1) is 11.3 Å². The first-order chi connectivity index (χ1) is 13.4. The van der Waals surface area contributed by atoms with E-state index in [0.717, 1.165) is 16.8 Å². The lowest BCUT2D eigenvalue weighted by atomic mass is 10.0. The molecule has 0 unspecified atom stereocenters. The molecule has 0 aliphatic carbocycles. The van der Waals surface area contributed by atoms with Gasteiger partial charge in [-0.1, -0.05) is 24.3 Å². The Morgan fingerprint density at radius 3 is 2.36 bits per heavy atom. The maximum Gasteiger partial charge on any atom is 0.304 e. The van der Waals surface area contributed by atoms with Crippen molar-refractivity contribution in [2.45, 2.75) is 18.9 Å². The van der Waals surface area contributed by atoms with Crippen molar-refractivity contribution in [1.82, 2.24) is 5.32 Å². The average molecular weight is 382 g/mol. The van der Waals surface area contributed by atoms with Crippen LogP contribution in [0.25, 0.3) is 11.1 Å². The van der Waals surface area contributed by atoms with Crippen molar-refractivity contribution in [3.05, 3.63) is 48.5 Å². The fraction of sp³-hybridized carbons (Fsp3) is 0.250. The molecule has 3 rings (SSSR count). The van der Waals surface area contributed by atoms with Gasteiger partial charge in [-0.15, -0.1) is 0 Å². The molecular formula is C20H22N4O4. The smallest absolute Gasteiger partial charge is 0.304 e. The highest BCUT2D eigenvalue weighted by molar-refractivity contribution is 5.90. The number of hydrogen-bond acceptors (Lipinski definition) is 4. The quantitative estimate of drug-likeness (QED) is 0.367. The topological polar surface area (TPSA) is 138 Å². The monoisotopic (exact) mass is 382 g/mol. The minimum absolute atomic E-state index is 0.109. The molecule has 0 spiro atoms. The molecule has 8 nitrogen and oxygen atoms in total. The number of carboxylic acids is 1. The molecule has 0 bridgehead atoms. The number of carboxylic acid groups (broad SMARTS) is 1. The Bertz CT molecular complexity index is 865. The van der Waals surface area contributed by atoms with E-state index in [-0.39, 0.29) is 24.3 Å². The zero-order valence-corrected chi connectivity index (χ0v) is 15.1. The van der Waals surface area contributed by atoms with Gasteiger partial charge in [0.15, 0.2) is 5.96 Å². The standard InChI is InChI=1S/C20H22N4O4/c21-20(22)24-15-5-1-12(2-6-15)13-3-7-17(8-4-13)28-11-16-9-14(10-18(25)26)19(27)23-16/h1-8,14,16H,9-11H2,(H,23,27)(H,25,26)(H4,21,22,24)/t14-,16-/m0/s1. The summed E-state index contributed by atoms with van der Waals surface area (Å²) >= 11 is 0. The molecule has 0 saturated carbocycles. The minimum atomic E-state index is -0.970. The van der Waals surface area contributed by atoms with E-state index in [4.69, 9.17) is 21.0 Å². The van der Waals surface area contributed by atoms with Gasteiger partial charge < -0.3 is 26.2 Å². The molecule has 1 fully saturated rings. The molecule has 28 heavy (non-hydrogen) atoms. The molecule has 0 aromatic heterocycles. The van der Waals surface area contributed by atoms with Crippen LogP contribution in [0.4, 0.5) is 5.69 Å². The number of aliphatic carboxylic acids is 1. The number of hydrogen-bond donors (Lipinski definition) is 5. The molecule has 146 valence electrons. The summed E-state index contributed by atoms with van der Waals surface area (Å²) in [6.07, 6.45) is 0.307. The Morgan fingerprint density at radius 1 is 1.18 bits per heavy atom. The molecular weight excluding hydrogens is 360 g/mol. The highest BCUT2D eigenvalue weighted by Gasteiger charge is 2.33. The Morgan fingerprint density at radius 2 is 1.79 bits per heavy atom. The second-order valence-electron chi connectivity index (χ2n) is 6.69. The minimum Gasteiger partial charge on any atom is -0.491 e. The SMILES string of the molecule is N=C(N)Nc1ccc(-c2ccc(OC[C@@H]3C[C@@H](CC(=O)O)C(=O)N3)cc2)cc1. The van der Waals surface area contributed by atoms with Crippen LogP contribution in [0.2, 0.25) is 0 Å². The molecule has 2 atom stereocenters. The Balaban J connectivity index is 1.54. The summed E-state index contributed by atoms with van der Waals surface area (Å²) in [5.74, 6) is -1.12. The maximum atomic E-state index is 11.8. The van der Waals surface area contributed by atoms with Crippen LogP contribution >= 0.6 is 0 Å². The number of guanidine groups is 1. The fourth-order valence-electron chi connectivity index (χ4n) is 3.17. The normalized spacial score (nSPS) is 18.4. The van der Waals surface area contributed by atoms with Crippen LogP contribution in [-0.2, 0) is 9.59 Å². The van der Waals surface area contributed by atoms with E-state index in [2.05, 4.69) is 10.6 Å². The van der Waals surface area contributed by atoms with Gasteiger partial charge in [0.05, 0.1) is 18.4 Å². The number of rotatable bonds is 7. The predicted octanol–water partition coefficient (Wildman–Crippen LogP) is 2.02. The first kappa shape index (κ1) is 19.2. The molecule has 1 aliphatic rings. The molecule has 2 aromatic rings. The van der Waals surface area contributed by atoms with E-state index < -0.39 is 11.9 Å². The Labute approximate surface area is 162 Å². The lowest BCUT2D eigenvalue weighted by molar-refractivity contribution is -0.140.